The molecule has 0 unspecified atom stereocenters. The molecular weight excluding hydrogens is 322 g/mol. The second-order valence-electron chi connectivity index (χ2n) is 7.47. The summed E-state index contributed by atoms with van der Waals surface area (Å²) < 4.78 is 0. The van der Waals surface area contributed by atoms with Gasteiger partial charge in [0.05, 0.1) is 5.69 Å². The summed E-state index contributed by atoms with van der Waals surface area (Å²) in [6.45, 7) is 6.33. The number of nitrogens with zero attached hydrogens (tertiary/aromatic N) is 5. The molecule has 0 aliphatic carbocycles. The van der Waals surface area contributed by atoms with Gasteiger partial charge in [-0.1, -0.05) is 43.2 Å². The monoisotopic (exact) mass is 351 g/mol. The number of rotatable bonds is 3. The van der Waals surface area contributed by atoms with E-state index in [2.05, 4.69) is 58.1 Å². The van der Waals surface area contributed by atoms with Gasteiger partial charge in [0.25, 0.3) is 0 Å². The first-order chi connectivity index (χ1) is 12.8. The molecular formula is C21H29N5. The van der Waals surface area contributed by atoms with E-state index in [0.29, 0.717) is 0 Å². The lowest BCUT2D eigenvalue weighted by molar-refractivity contribution is 0.311. The van der Waals surface area contributed by atoms with Gasteiger partial charge in [-0.25, -0.2) is 4.98 Å². The highest BCUT2D eigenvalue weighted by atomic mass is 15.3. The fraction of sp³-hybridized carbons (Fsp3) is 0.524. The van der Waals surface area contributed by atoms with Gasteiger partial charge >= 0.3 is 0 Å². The Morgan fingerprint density at radius 2 is 1.42 bits per heavy atom. The first kappa shape index (κ1) is 17.3. The van der Waals surface area contributed by atoms with Crippen LogP contribution in [0.25, 0.3) is 11.3 Å². The van der Waals surface area contributed by atoms with Crippen molar-refractivity contribution in [2.45, 2.75) is 25.7 Å². The maximum atomic E-state index is 5.00. The topological polar surface area (TPSA) is 35.5 Å². The molecule has 2 fully saturated rings. The SMILES string of the molecule is CN1CCN(c2nc(-c3ccccc3)cc(N3CCCCCC3)n2)CC1. The first-order valence-corrected chi connectivity index (χ1v) is 9.92. The van der Waals surface area contributed by atoms with Gasteiger partial charge in [-0.15, -0.1) is 0 Å². The summed E-state index contributed by atoms with van der Waals surface area (Å²) in [7, 11) is 2.18. The molecule has 138 valence electrons. The molecule has 2 aliphatic heterocycles. The zero-order chi connectivity index (χ0) is 17.8. The van der Waals surface area contributed by atoms with E-state index in [1.54, 1.807) is 0 Å². The summed E-state index contributed by atoms with van der Waals surface area (Å²) in [5.41, 5.74) is 2.20. The zero-order valence-electron chi connectivity index (χ0n) is 15.8. The molecule has 2 aliphatic rings. The molecule has 2 saturated heterocycles. The largest absolute Gasteiger partial charge is 0.356 e. The molecule has 2 aromatic rings. The summed E-state index contributed by atoms with van der Waals surface area (Å²) in [6, 6.07) is 12.7. The van der Waals surface area contributed by atoms with Crippen molar-refractivity contribution in [2.75, 3.05) is 56.1 Å². The molecule has 1 aromatic carbocycles. The Morgan fingerprint density at radius 1 is 0.731 bits per heavy atom. The van der Waals surface area contributed by atoms with E-state index in [1.165, 1.54) is 31.2 Å². The molecule has 0 radical (unpaired) electrons. The first-order valence-electron chi connectivity index (χ1n) is 9.92. The lowest BCUT2D eigenvalue weighted by Crippen LogP contribution is -2.45. The third-order valence-electron chi connectivity index (χ3n) is 5.49. The Morgan fingerprint density at radius 3 is 2.12 bits per heavy atom. The maximum absolute atomic E-state index is 5.00. The Balaban J connectivity index is 1.69. The van der Waals surface area contributed by atoms with E-state index in [-0.39, 0.29) is 0 Å². The summed E-state index contributed by atoms with van der Waals surface area (Å²) in [6.07, 6.45) is 5.18. The van der Waals surface area contributed by atoms with Crippen LogP contribution in [0.3, 0.4) is 0 Å². The Bertz CT molecular complexity index is 702. The number of hydrogen-bond acceptors (Lipinski definition) is 5. The van der Waals surface area contributed by atoms with Crippen molar-refractivity contribution in [3.05, 3.63) is 36.4 Å². The number of hydrogen-bond donors (Lipinski definition) is 0. The van der Waals surface area contributed by atoms with Gasteiger partial charge in [-0.05, 0) is 19.9 Å². The predicted octanol–water partition coefficient (Wildman–Crippen LogP) is 3.28. The van der Waals surface area contributed by atoms with Crippen LogP contribution < -0.4 is 9.80 Å². The second kappa shape index (κ2) is 8.04. The van der Waals surface area contributed by atoms with Crippen LogP contribution in [0.4, 0.5) is 11.8 Å². The van der Waals surface area contributed by atoms with E-state index < -0.39 is 0 Å². The van der Waals surface area contributed by atoms with E-state index in [4.69, 9.17) is 9.97 Å². The molecule has 4 rings (SSSR count). The van der Waals surface area contributed by atoms with E-state index in [1.807, 2.05) is 0 Å². The van der Waals surface area contributed by atoms with Crippen LogP contribution in [-0.4, -0.2) is 61.2 Å². The summed E-state index contributed by atoms with van der Waals surface area (Å²) >= 11 is 0. The number of aromatic nitrogens is 2. The van der Waals surface area contributed by atoms with Crippen LogP contribution in [0.1, 0.15) is 25.7 Å². The summed E-state index contributed by atoms with van der Waals surface area (Å²) in [4.78, 5) is 17.1. The summed E-state index contributed by atoms with van der Waals surface area (Å²) in [5, 5.41) is 0. The van der Waals surface area contributed by atoms with Crippen molar-refractivity contribution in [1.82, 2.24) is 14.9 Å². The van der Waals surface area contributed by atoms with Crippen molar-refractivity contribution < 1.29 is 0 Å². The lowest BCUT2D eigenvalue weighted by atomic mass is 10.1. The minimum absolute atomic E-state index is 0.888. The fourth-order valence-electron chi connectivity index (χ4n) is 3.79. The third-order valence-corrected chi connectivity index (χ3v) is 5.49. The highest BCUT2D eigenvalue weighted by Crippen LogP contribution is 2.27. The normalized spacial score (nSPS) is 19.4. The average Bonchev–Trinajstić information content (AvgIpc) is 2.98. The average molecular weight is 351 g/mol. The van der Waals surface area contributed by atoms with Gasteiger partial charge in [0.2, 0.25) is 5.95 Å². The fourth-order valence-corrected chi connectivity index (χ4v) is 3.79. The molecule has 5 nitrogen and oxygen atoms in total. The Kier molecular flexibility index (Phi) is 5.34. The third kappa shape index (κ3) is 3.98. The second-order valence-corrected chi connectivity index (χ2v) is 7.47. The van der Waals surface area contributed by atoms with Crippen LogP contribution >= 0.6 is 0 Å². The smallest absolute Gasteiger partial charge is 0.227 e. The quantitative estimate of drug-likeness (QED) is 0.848. The summed E-state index contributed by atoms with van der Waals surface area (Å²) in [5.74, 6) is 1.98. The van der Waals surface area contributed by atoms with Crippen molar-refractivity contribution >= 4 is 11.8 Å². The predicted molar refractivity (Wildman–Crippen MR) is 108 cm³/mol. The molecule has 0 saturated carbocycles. The Hall–Kier alpha value is -2.14. The minimum atomic E-state index is 0.888. The molecule has 0 atom stereocenters. The van der Waals surface area contributed by atoms with Gasteiger partial charge in [0.1, 0.15) is 5.82 Å². The number of piperazine rings is 1. The molecule has 1 aromatic heterocycles. The van der Waals surface area contributed by atoms with Crippen molar-refractivity contribution in [2.24, 2.45) is 0 Å². The van der Waals surface area contributed by atoms with E-state index in [0.717, 1.165) is 56.7 Å². The minimum Gasteiger partial charge on any atom is -0.356 e. The molecule has 5 heteroatoms. The molecule has 0 bridgehead atoms. The Labute approximate surface area is 156 Å². The number of anilines is 2. The van der Waals surface area contributed by atoms with Crippen molar-refractivity contribution in [3.8, 4) is 11.3 Å². The van der Waals surface area contributed by atoms with E-state index >= 15 is 0 Å². The van der Waals surface area contributed by atoms with Gasteiger partial charge in [-0.2, -0.15) is 4.98 Å². The van der Waals surface area contributed by atoms with Gasteiger partial charge < -0.3 is 14.7 Å². The van der Waals surface area contributed by atoms with Crippen molar-refractivity contribution in [1.29, 1.82) is 0 Å². The van der Waals surface area contributed by atoms with Crippen LogP contribution in [0.2, 0.25) is 0 Å². The van der Waals surface area contributed by atoms with Crippen LogP contribution in [0.5, 0.6) is 0 Å². The van der Waals surface area contributed by atoms with E-state index in [9.17, 15) is 0 Å². The lowest BCUT2D eigenvalue weighted by Gasteiger charge is -2.33. The maximum Gasteiger partial charge on any atom is 0.227 e. The van der Waals surface area contributed by atoms with Crippen molar-refractivity contribution in [3.63, 3.8) is 0 Å². The molecule has 0 amide bonds. The molecule has 0 spiro atoms. The van der Waals surface area contributed by atoms with Crippen LogP contribution in [0.15, 0.2) is 36.4 Å². The van der Waals surface area contributed by atoms with Gasteiger partial charge in [-0.3, -0.25) is 0 Å². The molecule has 0 N–H and O–H groups in total. The number of likely N-dealkylation sites (N-methyl/N-ethyl adjacent to an activating group) is 1. The van der Waals surface area contributed by atoms with Crippen LogP contribution in [0, 0.1) is 0 Å². The van der Waals surface area contributed by atoms with Gasteiger partial charge in [0, 0.05) is 50.9 Å². The highest BCUT2D eigenvalue weighted by molar-refractivity contribution is 5.65. The molecule has 3 heterocycles. The zero-order valence-corrected chi connectivity index (χ0v) is 15.8. The van der Waals surface area contributed by atoms with Crippen LogP contribution in [-0.2, 0) is 0 Å². The number of benzene rings is 1. The standard InChI is InChI=1S/C21H29N5/c1-24-13-15-26(16-14-24)21-22-19(18-9-5-4-6-10-18)17-20(23-21)25-11-7-2-3-8-12-25/h4-6,9-10,17H,2-3,7-8,11-16H2,1H3. The molecule has 26 heavy (non-hydrogen) atoms. The highest BCUT2D eigenvalue weighted by Gasteiger charge is 2.20. The van der Waals surface area contributed by atoms with Gasteiger partial charge in [0.15, 0.2) is 0 Å².